The molecule has 0 N–H and O–H groups in total. The maximum atomic E-state index is 12.0. The van der Waals surface area contributed by atoms with Crippen LogP contribution in [0.1, 0.15) is 15.9 Å². The van der Waals surface area contributed by atoms with Gasteiger partial charge in [-0.15, -0.1) is 12.6 Å². The number of carbonyl (C=O) groups excluding carboxylic acids is 1. The van der Waals surface area contributed by atoms with E-state index in [2.05, 4.69) is 22.1 Å². The van der Waals surface area contributed by atoms with Crippen molar-refractivity contribution in [3.8, 4) is 11.8 Å². The Kier molecular flexibility index (Phi) is 4.29. The molecule has 0 heterocycles. The monoisotopic (exact) mass is 259 g/mol. The van der Waals surface area contributed by atoms with Crippen LogP contribution in [-0.4, -0.2) is 19.7 Å². The Morgan fingerprint density at radius 1 is 1.53 bits per heavy atom. The largest absolute Gasteiger partial charge is 0.465 e. The van der Waals surface area contributed by atoms with Crippen molar-refractivity contribution in [2.45, 2.75) is 11.5 Å². The van der Waals surface area contributed by atoms with E-state index in [4.69, 9.17) is 5.26 Å². The molecule has 0 saturated carbocycles. The fourth-order valence-corrected chi connectivity index (χ4v) is 1.38. The third-order valence-electron chi connectivity index (χ3n) is 1.84. The zero-order valence-electron chi connectivity index (χ0n) is 8.61. The third kappa shape index (κ3) is 3.07. The maximum absolute atomic E-state index is 12.0. The molecule has 0 unspecified atom stereocenters. The van der Waals surface area contributed by atoms with E-state index >= 15 is 0 Å². The van der Waals surface area contributed by atoms with Gasteiger partial charge in [0.2, 0.25) is 0 Å². The molecule has 1 rings (SSSR count). The second-order valence-corrected chi connectivity index (χ2v) is 3.33. The molecule has 0 aliphatic rings. The predicted molar refractivity (Wildman–Crippen MR) is 56.4 cm³/mol. The van der Waals surface area contributed by atoms with Gasteiger partial charge in [0.25, 0.3) is 0 Å². The molecule has 4 nitrogen and oxygen atoms in total. The van der Waals surface area contributed by atoms with Crippen molar-refractivity contribution >= 4 is 18.6 Å². The smallest absolute Gasteiger partial charge is 0.387 e. The normalized spacial score (nSPS) is 9.88. The van der Waals surface area contributed by atoms with Gasteiger partial charge in [-0.3, -0.25) is 0 Å². The summed E-state index contributed by atoms with van der Waals surface area (Å²) in [7, 11) is 1.14. The van der Waals surface area contributed by atoms with E-state index in [9.17, 15) is 13.6 Å². The van der Waals surface area contributed by atoms with Crippen LogP contribution >= 0.6 is 12.6 Å². The van der Waals surface area contributed by atoms with E-state index in [0.29, 0.717) is 0 Å². The first-order valence-corrected chi connectivity index (χ1v) is 4.74. The first-order valence-electron chi connectivity index (χ1n) is 4.29. The summed E-state index contributed by atoms with van der Waals surface area (Å²) in [5.74, 6) is -1.02. The van der Waals surface area contributed by atoms with Crippen molar-refractivity contribution < 1.29 is 23.0 Å². The zero-order chi connectivity index (χ0) is 13.0. The Hall–Kier alpha value is -1.81. The molecule has 0 fully saturated rings. The van der Waals surface area contributed by atoms with Crippen LogP contribution < -0.4 is 4.74 Å². The molecule has 0 aromatic heterocycles. The number of halogens is 2. The Balaban J connectivity index is 3.26. The fraction of sp³-hybridized carbons (Fsp3) is 0.200. The van der Waals surface area contributed by atoms with Gasteiger partial charge in [0.15, 0.2) is 0 Å². The van der Waals surface area contributed by atoms with Gasteiger partial charge in [-0.1, -0.05) is 0 Å². The molecule has 1 aromatic carbocycles. The van der Waals surface area contributed by atoms with Crippen molar-refractivity contribution in [3.63, 3.8) is 0 Å². The molecule has 90 valence electrons. The first kappa shape index (κ1) is 13.3. The Labute approximate surface area is 101 Å². The highest BCUT2D eigenvalue weighted by Crippen LogP contribution is 2.28. The molecule has 0 aliphatic carbocycles. The molecular weight excluding hydrogens is 252 g/mol. The number of nitriles is 1. The molecule has 17 heavy (non-hydrogen) atoms. The minimum absolute atomic E-state index is 0.0182. The molecule has 0 spiro atoms. The minimum atomic E-state index is -3.03. The number of hydrogen-bond donors (Lipinski definition) is 1. The van der Waals surface area contributed by atoms with Crippen LogP contribution in [0.4, 0.5) is 8.78 Å². The van der Waals surface area contributed by atoms with Crippen LogP contribution in [0.15, 0.2) is 17.0 Å². The summed E-state index contributed by atoms with van der Waals surface area (Å²) < 4.78 is 32.6. The second-order valence-electron chi connectivity index (χ2n) is 2.85. The summed E-state index contributed by atoms with van der Waals surface area (Å²) in [6, 6.07) is 3.85. The standard InChI is InChI=1S/C10H7F2NO3S/c1-15-9(14)6-3-8(17)7(16-10(11)12)2-5(6)4-13/h2-3,10,17H,1H3. The highest BCUT2D eigenvalue weighted by molar-refractivity contribution is 7.80. The van der Waals surface area contributed by atoms with Gasteiger partial charge in [-0.25, -0.2) is 4.79 Å². The van der Waals surface area contributed by atoms with Crippen LogP contribution in [0.2, 0.25) is 0 Å². The van der Waals surface area contributed by atoms with E-state index in [1.54, 1.807) is 6.07 Å². The van der Waals surface area contributed by atoms with Gasteiger partial charge in [0.1, 0.15) is 11.8 Å². The zero-order valence-corrected chi connectivity index (χ0v) is 9.50. The number of benzene rings is 1. The van der Waals surface area contributed by atoms with E-state index in [1.165, 1.54) is 0 Å². The number of ether oxygens (including phenoxy) is 2. The van der Waals surface area contributed by atoms with Crippen molar-refractivity contribution in [1.29, 1.82) is 5.26 Å². The molecule has 0 radical (unpaired) electrons. The summed E-state index contributed by atoms with van der Waals surface area (Å²) >= 11 is 3.89. The molecule has 0 bridgehead atoms. The van der Waals surface area contributed by atoms with Crippen LogP contribution in [0.5, 0.6) is 5.75 Å². The van der Waals surface area contributed by atoms with Crippen LogP contribution in [0.3, 0.4) is 0 Å². The van der Waals surface area contributed by atoms with Gasteiger partial charge in [0, 0.05) is 11.0 Å². The van der Waals surface area contributed by atoms with Crippen molar-refractivity contribution in [1.82, 2.24) is 0 Å². The minimum Gasteiger partial charge on any atom is -0.465 e. The molecule has 0 saturated heterocycles. The topological polar surface area (TPSA) is 59.3 Å². The predicted octanol–water partition coefficient (Wildman–Crippen LogP) is 2.23. The number of carbonyl (C=O) groups is 1. The summed E-state index contributed by atoms with van der Waals surface area (Å²) in [6.07, 6.45) is 0. The summed E-state index contributed by atoms with van der Waals surface area (Å²) in [5.41, 5.74) is -0.174. The number of rotatable bonds is 3. The second kappa shape index (κ2) is 5.50. The van der Waals surface area contributed by atoms with Gasteiger partial charge < -0.3 is 9.47 Å². The number of nitrogens with zero attached hydrogens (tertiary/aromatic N) is 1. The lowest BCUT2D eigenvalue weighted by Crippen LogP contribution is -2.07. The van der Waals surface area contributed by atoms with Crippen molar-refractivity contribution in [2.75, 3.05) is 7.11 Å². The van der Waals surface area contributed by atoms with Gasteiger partial charge >= 0.3 is 12.6 Å². The lowest BCUT2D eigenvalue weighted by atomic mass is 10.1. The van der Waals surface area contributed by atoms with Gasteiger partial charge in [-0.05, 0) is 6.07 Å². The molecule has 7 heteroatoms. The van der Waals surface area contributed by atoms with Crippen LogP contribution in [0, 0.1) is 11.3 Å². The average Bonchev–Trinajstić information content (AvgIpc) is 2.29. The summed E-state index contributed by atoms with van der Waals surface area (Å²) in [6.45, 7) is -3.03. The van der Waals surface area contributed by atoms with E-state index < -0.39 is 12.6 Å². The molecule has 1 aromatic rings. The van der Waals surface area contributed by atoms with E-state index in [-0.39, 0.29) is 21.8 Å². The third-order valence-corrected chi connectivity index (χ3v) is 2.19. The van der Waals surface area contributed by atoms with Crippen LogP contribution in [0.25, 0.3) is 0 Å². The Morgan fingerprint density at radius 3 is 2.65 bits per heavy atom. The van der Waals surface area contributed by atoms with Gasteiger partial charge in [-0.2, -0.15) is 14.0 Å². The SMILES string of the molecule is COC(=O)c1cc(S)c(OC(F)F)cc1C#N. The number of hydrogen-bond acceptors (Lipinski definition) is 5. The summed E-state index contributed by atoms with van der Waals surface area (Å²) in [4.78, 5) is 11.3. The quantitative estimate of drug-likeness (QED) is 0.668. The summed E-state index contributed by atoms with van der Waals surface area (Å²) in [5, 5.41) is 8.79. The van der Waals surface area contributed by atoms with Crippen LogP contribution in [-0.2, 0) is 4.74 Å². The number of esters is 1. The fourth-order valence-electron chi connectivity index (χ4n) is 1.13. The van der Waals surface area contributed by atoms with Crippen molar-refractivity contribution in [2.24, 2.45) is 0 Å². The van der Waals surface area contributed by atoms with E-state index in [0.717, 1.165) is 19.2 Å². The van der Waals surface area contributed by atoms with Crippen molar-refractivity contribution in [3.05, 3.63) is 23.3 Å². The Bertz CT molecular complexity index is 485. The maximum Gasteiger partial charge on any atom is 0.387 e. The Morgan fingerprint density at radius 2 is 2.18 bits per heavy atom. The molecule has 0 amide bonds. The lowest BCUT2D eigenvalue weighted by molar-refractivity contribution is -0.0516. The number of alkyl halides is 2. The molecule has 0 aliphatic heterocycles. The highest BCUT2D eigenvalue weighted by atomic mass is 32.1. The molecular formula is C10H7F2NO3S. The average molecular weight is 259 g/mol. The lowest BCUT2D eigenvalue weighted by Gasteiger charge is -2.09. The number of methoxy groups -OCH3 is 1. The number of thiol groups is 1. The van der Waals surface area contributed by atoms with E-state index in [1.807, 2.05) is 0 Å². The first-order chi connectivity index (χ1) is 7.99. The van der Waals surface area contributed by atoms with Gasteiger partial charge in [0.05, 0.1) is 18.2 Å². The molecule has 0 atom stereocenters. The highest BCUT2D eigenvalue weighted by Gasteiger charge is 2.17.